The van der Waals surface area contributed by atoms with E-state index in [9.17, 15) is 9.59 Å². The summed E-state index contributed by atoms with van der Waals surface area (Å²) in [4.78, 5) is 24.3. The second-order valence-corrected chi connectivity index (χ2v) is 7.95. The zero-order chi connectivity index (χ0) is 14.0. The largest absolute Gasteiger partial charge is 0.353 e. The zero-order valence-electron chi connectivity index (χ0n) is 12.2. The molecule has 0 heterocycles. The SMILES string of the molecule is CC(=O)NC12C[C@H]3C[C@@H](C1)CC(C(=O)NC1CC1)(C3)C2. The van der Waals surface area contributed by atoms with Crippen molar-refractivity contribution in [3.8, 4) is 0 Å². The molecular weight excluding hydrogens is 252 g/mol. The molecule has 0 radical (unpaired) electrons. The number of nitrogens with one attached hydrogen (secondary N) is 2. The lowest BCUT2D eigenvalue weighted by molar-refractivity contribution is -0.153. The molecule has 2 unspecified atom stereocenters. The van der Waals surface area contributed by atoms with Crippen LogP contribution in [0.4, 0.5) is 0 Å². The topological polar surface area (TPSA) is 58.2 Å². The Hall–Kier alpha value is -1.06. The average molecular weight is 276 g/mol. The van der Waals surface area contributed by atoms with Crippen LogP contribution in [0.25, 0.3) is 0 Å². The molecule has 0 spiro atoms. The number of amides is 2. The van der Waals surface area contributed by atoms with E-state index in [1.54, 1.807) is 6.92 Å². The number of hydrogen-bond acceptors (Lipinski definition) is 2. The van der Waals surface area contributed by atoms with E-state index in [4.69, 9.17) is 0 Å². The summed E-state index contributed by atoms with van der Waals surface area (Å²) in [5.74, 6) is 1.61. The van der Waals surface area contributed by atoms with Crippen molar-refractivity contribution in [2.24, 2.45) is 17.3 Å². The van der Waals surface area contributed by atoms with Gasteiger partial charge in [0.05, 0.1) is 5.41 Å². The van der Waals surface area contributed by atoms with Gasteiger partial charge in [-0.1, -0.05) is 0 Å². The third kappa shape index (κ3) is 1.95. The van der Waals surface area contributed by atoms with Crippen LogP contribution in [0.2, 0.25) is 0 Å². The first-order chi connectivity index (χ1) is 9.49. The molecule has 0 aromatic rings. The van der Waals surface area contributed by atoms with Gasteiger partial charge < -0.3 is 10.6 Å². The average Bonchev–Trinajstić information content (AvgIpc) is 3.08. The fraction of sp³-hybridized carbons (Fsp3) is 0.875. The van der Waals surface area contributed by atoms with Crippen LogP contribution in [0.3, 0.4) is 0 Å². The minimum absolute atomic E-state index is 0.0599. The molecule has 2 N–H and O–H groups in total. The van der Waals surface area contributed by atoms with Crippen LogP contribution in [-0.4, -0.2) is 23.4 Å². The van der Waals surface area contributed by atoms with Crippen molar-refractivity contribution in [3.05, 3.63) is 0 Å². The van der Waals surface area contributed by atoms with E-state index >= 15 is 0 Å². The van der Waals surface area contributed by atoms with E-state index in [-0.39, 0.29) is 22.8 Å². The molecule has 110 valence electrons. The standard InChI is InChI=1S/C16H24N2O2/c1-10(19)18-16-7-11-4-12(8-16)6-15(5-11,9-16)14(20)17-13-2-3-13/h11-13H,2-9H2,1H3,(H,17,20)(H,18,19)/t11-,12+,15?,16?. The van der Waals surface area contributed by atoms with Crippen LogP contribution in [0.1, 0.15) is 58.3 Å². The molecule has 4 atom stereocenters. The summed E-state index contributed by atoms with van der Waals surface area (Å²) in [5, 5.41) is 6.45. The number of carbonyl (C=O) groups is 2. The van der Waals surface area contributed by atoms with E-state index < -0.39 is 0 Å². The van der Waals surface area contributed by atoms with Crippen molar-refractivity contribution in [3.63, 3.8) is 0 Å². The molecule has 4 bridgehead atoms. The first-order valence-electron chi connectivity index (χ1n) is 8.08. The van der Waals surface area contributed by atoms with Gasteiger partial charge in [0.1, 0.15) is 0 Å². The Kier molecular flexibility index (Phi) is 2.52. The number of carbonyl (C=O) groups excluding carboxylic acids is 2. The van der Waals surface area contributed by atoms with Gasteiger partial charge in [-0.05, 0) is 63.2 Å². The lowest BCUT2D eigenvalue weighted by Crippen LogP contribution is -2.65. The fourth-order valence-electron chi connectivity index (χ4n) is 5.61. The molecule has 5 fully saturated rings. The molecule has 4 heteroatoms. The number of hydrogen-bond donors (Lipinski definition) is 2. The summed E-state index contributed by atoms with van der Waals surface area (Å²) in [6, 6.07) is 0.437. The molecule has 5 aliphatic rings. The molecule has 5 saturated carbocycles. The normalized spacial score (nSPS) is 45.2. The monoisotopic (exact) mass is 276 g/mol. The molecule has 0 aromatic carbocycles. The predicted octanol–water partition coefficient (Wildman–Crippen LogP) is 1.74. The molecular formula is C16H24N2O2. The molecule has 4 nitrogen and oxygen atoms in total. The van der Waals surface area contributed by atoms with Crippen LogP contribution >= 0.6 is 0 Å². The third-order valence-corrected chi connectivity index (χ3v) is 5.90. The fourth-order valence-corrected chi connectivity index (χ4v) is 5.61. The minimum Gasteiger partial charge on any atom is -0.353 e. The first kappa shape index (κ1) is 12.7. The van der Waals surface area contributed by atoms with E-state index in [2.05, 4.69) is 10.6 Å². The maximum atomic E-state index is 12.8. The Morgan fingerprint density at radius 3 is 2.25 bits per heavy atom. The number of rotatable bonds is 3. The van der Waals surface area contributed by atoms with E-state index in [0.717, 1.165) is 44.9 Å². The Labute approximate surface area is 120 Å². The van der Waals surface area contributed by atoms with Crippen molar-refractivity contribution in [2.45, 2.75) is 69.9 Å². The van der Waals surface area contributed by atoms with Crippen molar-refractivity contribution < 1.29 is 9.59 Å². The van der Waals surface area contributed by atoms with Crippen molar-refractivity contribution >= 4 is 11.8 Å². The van der Waals surface area contributed by atoms with Gasteiger partial charge in [0.25, 0.3) is 0 Å². The highest BCUT2D eigenvalue weighted by atomic mass is 16.2. The Balaban J connectivity index is 1.60. The zero-order valence-corrected chi connectivity index (χ0v) is 12.2. The Morgan fingerprint density at radius 2 is 1.70 bits per heavy atom. The highest BCUT2D eigenvalue weighted by molar-refractivity contribution is 5.84. The van der Waals surface area contributed by atoms with Gasteiger partial charge in [-0.25, -0.2) is 0 Å². The van der Waals surface area contributed by atoms with Gasteiger partial charge in [-0.15, -0.1) is 0 Å². The quantitative estimate of drug-likeness (QED) is 0.825. The second kappa shape index (κ2) is 3.99. The Bertz CT molecular complexity index is 455. The van der Waals surface area contributed by atoms with Gasteiger partial charge in [-0.2, -0.15) is 0 Å². The van der Waals surface area contributed by atoms with E-state index in [1.807, 2.05) is 0 Å². The summed E-state index contributed by atoms with van der Waals surface area (Å²) in [6.45, 7) is 1.61. The van der Waals surface area contributed by atoms with Gasteiger partial charge in [0, 0.05) is 18.5 Å². The van der Waals surface area contributed by atoms with Gasteiger partial charge in [0.2, 0.25) is 11.8 Å². The molecule has 5 aliphatic carbocycles. The van der Waals surface area contributed by atoms with Gasteiger partial charge in [-0.3, -0.25) is 9.59 Å². The molecule has 0 aliphatic heterocycles. The van der Waals surface area contributed by atoms with Crippen LogP contribution < -0.4 is 10.6 Å². The Morgan fingerprint density at radius 1 is 1.05 bits per heavy atom. The summed E-state index contributed by atoms with van der Waals surface area (Å²) in [6.07, 6.45) is 8.68. The second-order valence-electron chi connectivity index (χ2n) is 7.95. The van der Waals surface area contributed by atoms with Crippen LogP contribution in [0.5, 0.6) is 0 Å². The lowest BCUT2D eigenvalue weighted by Gasteiger charge is -2.61. The maximum Gasteiger partial charge on any atom is 0.226 e. The molecule has 20 heavy (non-hydrogen) atoms. The summed E-state index contributed by atoms with van der Waals surface area (Å²) >= 11 is 0. The van der Waals surface area contributed by atoms with Gasteiger partial charge in [0.15, 0.2) is 0 Å². The molecule has 0 saturated heterocycles. The molecule has 0 aromatic heterocycles. The van der Waals surface area contributed by atoms with Crippen molar-refractivity contribution in [1.29, 1.82) is 0 Å². The minimum atomic E-state index is -0.185. The maximum absolute atomic E-state index is 12.8. The highest BCUT2D eigenvalue weighted by Crippen LogP contribution is 2.61. The summed E-state index contributed by atoms with van der Waals surface area (Å²) in [5.41, 5.74) is -0.272. The van der Waals surface area contributed by atoms with E-state index in [1.165, 1.54) is 6.42 Å². The molecule has 2 amide bonds. The lowest BCUT2D eigenvalue weighted by atomic mass is 9.46. The van der Waals surface area contributed by atoms with Crippen LogP contribution in [0, 0.1) is 17.3 Å². The predicted molar refractivity (Wildman–Crippen MR) is 74.8 cm³/mol. The smallest absolute Gasteiger partial charge is 0.226 e. The van der Waals surface area contributed by atoms with E-state index in [0.29, 0.717) is 17.9 Å². The highest BCUT2D eigenvalue weighted by Gasteiger charge is 2.61. The molecule has 5 rings (SSSR count). The summed E-state index contributed by atoms with van der Waals surface area (Å²) < 4.78 is 0. The van der Waals surface area contributed by atoms with Gasteiger partial charge >= 0.3 is 0 Å². The first-order valence-corrected chi connectivity index (χ1v) is 8.08. The van der Waals surface area contributed by atoms with Crippen molar-refractivity contribution in [2.75, 3.05) is 0 Å². The van der Waals surface area contributed by atoms with Crippen LogP contribution in [-0.2, 0) is 9.59 Å². The third-order valence-electron chi connectivity index (χ3n) is 5.90. The van der Waals surface area contributed by atoms with Crippen molar-refractivity contribution in [1.82, 2.24) is 10.6 Å². The van der Waals surface area contributed by atoms with Crippen LogP contribution in [0.15, 0.2) is 0 Å². The summed E-state index contributed by atoms with van der Waals surface area (Å²) in [7, 11) is 0.